The summed E-state index contributed by atoms with van der Waals surface area (Å²) in [5, 5.41) is 14.8. The van der Waals surface area contributed by atoms with Crippen LogP contribution >= 0.6 is 0 Å². The highest BCUT2D eigenvalue weighted by Crippen LogP contribution is 2.41. The minimum Gasteiger partial charge on any atom is -0.497 e. The number of ether oxygens (including phenoxy) is 2. The summed E-state index contributed by atoms with van der Waals surface area (Å²) in [5.41, 5.74) is 2.99. The van der Waals surface area contributed by atoms with Crippen LogP contribution in [0.4, 0.5) is 11.4 Å². The predicted molar refractivity (Wildman–Crippen MR) is 129 cm³/mol. The van der Waals surface area contributed by atoms with Gasteiger partial charge in [-0.25, -0.2) is 0 Å². The molecule has 1 N–H and O–H groups in total. The number of anilines is 1. The largest absolute Gasteiger partial charge is 0.497 e. The Kier molecular flexibility index (Phi) is 6.26. The fourth-order valence-corrected chi connectivity index (χ4v) is 3.97. The van der Waals surface area contributed by atoms with Crippen LogP contribution in [0.1, 0.15) is 16.7 Å². The van der Waals surface area contributed by atoms with Crippen molar-refractivity contribution in [3.8, 4) is 11.5 Å². The van der Waals surface area contributed by atoms with E-state index in [9.17, 15) is 10.1 Å². The normalized spacial score (nSPS) is 11.0. The maximum atomic E-state index is 11.1. The Morgan fingerprint density at radius 3 is 1.55 bits per heavy atom. The van der Waals surface area contributed by atoms with Crippen LogP contribution in [-0.4, -0.2) is 19.1 Å². The number of benzene rings is 4. The minimum absolute atomic E-state index is 0.0414. The molecule has 4 aromatic rings. The van der Waals surface area contributed by atoms with Gasteiger partial charge in [0.1, 0.15) is 17.0 Å². The predicted octanol–water partition coefficient (Wildman–Crippen LogP) is 6.02. The maximum absolute atomic E-state index is 11.1. The molecule has 0 atom stereocenters. The summed E-state index contributed by atoms with van der Waals surface area (Å²) in [6, 6.07) is 32.3. The van der Waals surface area contributed by atoms with Crippen molar-refractivity contribution in [2.75, 3.05) is 19.5 Å². The molecule has 0 fully saturated rings. The molecule has 0 radical (unpaired) electrons. The zero-order valence-corrected chi connectivity index (χ0v) is 18.4. The lowest BCUT2D eigenvalue weighted by Gasteiger charge is -2.38. The van der Waals surface area contributed by atoms with E-state index in [1.807, 2.05) is 66.7 Å². The number of hydrogen-bond acceptors (Lipinski definition) is 5. The van der Waals surface area contributed by atoms with Gasteiger partial charge in [-0.3, -0.25) is 10.1 Å². The Balaban J connectivity index is 1.94. The smallest absolute Gasteiger partial charge is 0.269 e. The number of non-ortho nitro benzene ring substituents is 1. The topological polar surface area (TPSA) is 73.6 Å². The number of nitro groups is 1. The third kappa shape index (κ3) is 4.36. The molecule has 0 aliphatic rings. The lowest BCUT2D eigenvalue weighted by atomic mass is 9.76. The van der Waals surface area contributed by atoms with Crippen molar-refractivity contribution in [1.29, 1.82) is 0 Å². The highest BCUT2D eigenvalue weighted by atomic mass is 16.6. The summed E-state index contributed by atoms with van der Waals surface area (Å²) in [4.78, 5) is 10.7. The summed E-state index contributed by atoms with van der Waals surface area (Å²) < 4.78 is 10.8. The van der Waals surface area contributed by atoms with Crippen molar-refractivity contribution < 1.29 is 14.4 Å². The van der Waals surface area contributed by atoms with Crippen LogP contribution in [0.25, 0.3) is 0 Å². The summed E-state index contributed by atoms with van der Waals surface area (Å²) in [6.45, 7) is 0. The molecule has 0 aliphatic carbocycles. The zero-order chi connectivity index (χ0) is 23.3. The molecule has 4 aromatic carbocycles. The van der Waals surface area contributed by atoms with E-state index in [1.165, 1.54) is 12.1 Å². The van der Waals surface area contributed by atoms with E-state index in [-0.39, 0.29) is 5.69 Å². The standard InChI is InChI=1S/C27H24N2O4/c1-32-25-16-8-21(9-17-25)27(20-6-4-3-5-7-20,22-10-18-26(33-2)19-11-22)28-23-12-14-24(15-13-23)29(30)31/h3-19,28H,1-2H3. The van der Waals surface area contributed by atoms with E-state index in [0.29, 0.717) is 0 Å². The van der Waals surface area contributed by atoms with Crippen LogP contribution in [0, 0.1) is 10.1 Å². The molecule has 4 rings (SSSR count). The van der Waals surface area contributed by atoms with E-state index in [0.717, 1.165) is 33.9 Å². The second-order valence-electron chi connectivity index (χ2n) is 7.50. The Bertz CT molecular complexity index is 1160. The number of hydrogen-bond donors (Lipinski definition) is 1. The van der Waals surface area contributed by atoms with Crippen LogP contribution in [0.2, 0.25) is 0 Å². The molecule has 0 saturated heterocycles. The van der Waals surface area contributed by atoms with Crippen molar-refractivity contribution in [1.82, 2.24) is 0 Å². The molecular formula is C27H24N2O4. The fraction of sp³-hybridized carbons (Fsp3) is 0.111. The van der Waals surface area contributed by atoms with Crippen molar-refractivity contribution in [3.63, 3.8) is 0 Å². The Morgan fingerprint density at radius 2 is 1.12 bits per heavy atom. The first-order chi connectivity index (χ1) is 16.1. The molecule has 0 spiro atoms. The van der Waals surface area contributed by atoms with Gasteiger partial charge in [0.2, 0.25) is 0 Å². The summed E-state index contributed by atoms with van der Waals surface area (Å²) in [7, 11) is 3.27. The molecule has 0 aliphatic heterocycles. The number of rotatable bonds is 8. The van der Waals surface area contributed by atoms with Crippen molar-refractivity contribution >= 4 is 11.4 Å². The molecule has 6 heteroatoms. The highest BCUT2D eigenvalue weighted by Gasteiger charge is 2.36. The minimum atomic E-state index is -0.782. The van der Waals surface area contributed by atoms with Gasteiger partial charge in [-0.05, 0) is 53.1 Å². The Morgan fingerprint density at radius 1 is 0.667 bits per heavy atom. The molecular weight excluding hydrogens is 416 g/mol. The van der Waals surface area contributed by atoms with Crippen molar-refractivity contribution in [2.45, 2.75) is 5.54 Å². The average Bonchev–Trinajstić information content (AvgIpc) is 2.88. The molecule has 0 saturated carbocycles. The first-order valence-corrected chi connectivity index (χ1v) is 10.4. The van der Waals surface area contributed by atoms with Gasteiger partial charge < -0.3 is 14.8 Å². The molecule has 0 heterocycles. The summed E-state index contributed by atoms with van der Waals surface area (Å²) >= 11 is 0. The second kappa shape index (κ2) is 9.44. The summed E-state index contributed by atoms with van der Waals surface area (Å²) in [5.74, 6) is 1.51. The third-order valence-corrected chi connectivity index (χ3v) is 5.66. The van der Waals surface area contributed by atoms with Gasteiger partial charge in [-0.15, -0.1) is 0 Å². The van der Waals surface area contributed by atoms with Gasteiger partial charge in [0.15, 0.2) is 0 Å². The molecule has 0 bridgehead atoms. The molecule has 166 valence electrons. The van der Waals surface area contributed by atoms with Crippen LogP contribution < -0.4 is 14.8 Å². The molecule has 0 amide bonds. The molecule has 6 nitrogen and oxygen atoms in total. The van der Waals surface area contributed by atoms with E-state index >= 15 is 0 Å². The van der Waals surface area contributed by atoms with E-state index in [2.05, 4.69) is 17.4 Å². The number of nitrogens with zero attached hydrogens (tertiary/aromatic N) is 1. The fourth-order valence-electron chi connectivity index (χ4n) is 3.97. The maximum Gasteiger partial charge on any atom is 0.269 e. The Labute approximate surface area is 192 Å². The van der Waals surface area contributed by atoms with Gasteiger partial charge in [0.05, 0.1) is 19.1 Å². The number of nitrogens with one attached hydrogen (secondary N) is 1. The van der Waals surface area contributed by atoms with Gasteiger partial charge in [0.25, 0.3) is 5.69 Å². The second-order valence-corrected chi connectivity index (χ2v) is 7.50. The summed E-state index contributed by atoms with van der Waals surface area (Å²) in [6.07, 6.45) is 0. The molecule has 33 heavy (non-hydrogen) atoms. The first kappa shape index (κ1) is 21.9. The zero-order valence-electron chi connectivity index (χ0n) is 18.4. The van der Waals surface area contributed by atoms with Crippen LogP contribution in [-0.2, 0) is 5.54 Å². The van der Waals surface area contributed by atoms with Crippen LogP contribution in [0.3, 0.4) is 0 Å². The van der Waals surface area contributed by atoms with Crippen molar-refractivity contribution in [2.24, 2.45) is 0 Å². The van der Waals surface area contributed by atoms with E-state index < -0.39 is 10.5 Å². The van der Waals surface area contributed by atoms with Gasteiger partial charge >= 0.3 is 0 Å². The highest BCUT2D eigenvalue weighted by molar-refractivity contribution is 5.62. The molecule has 0 unspecified atom stereocenters. The van der Waals surface area contributed by atoms with Crippen LogP contribution in [0.5, 0.6) is 11.5 Å². The molecule has 0 aromatic heterocycles. The van der Waals surface area contributed by atoms with E-state index in [1.54, 1.807) is 26.4 Å². The van der Waals surface area contributed by atoms with Gasteiger partial charge in [0, 0.05) is 17.8 Å². The Hall–Kier alpha value is -4.32. The SMILES string of the molecule is COc1ccc(C(Nc2ccc([N+](=O)[O-])cc2)(c2ccccc2)c2ccc(OC)cc2)cc1. The number of nitro benzene ring substituents is 1. The van der Waals surface area contributed by atoms with Crippen LogP contribution in [0.15, 0.2) is 103 Å². The van der Waals surface area contributed by atoms with Crippen molar-refractivity contribution in [3.05, 3.63) is 130 Å². The number of methoxy groups -OCH3 is 2. The first-order valence-electron chi connectivity index (χ1n) is 10.4. The van der Waals surface area contributed by atoms with Gasteiger partial charge in [-0.1, -0.05) is 54.6 Å². The third-order valence-electron chi connectivity index (χ3n) is 5.66. The lowest BCUT2D eigenvalue weighted by molar-refractivity contribution is -0.384. The average molecular weight is 440 g/mol. The van der Waals surface area contributed by atoms with Gasteiger partial charge in [-0.2, -0.15) is 0 Å². The van der Waals surface area contributed by atoms with E-state index in [4.69, 9.17) is 9.47 Å². The quantitative estimate of drug-likeness (QED) is 0.206. The monoisotopic (exact) mass is 440 g/mol. The lowest BCUT2D eigenvalue weighted by Crippen LogP contribution is -2.38.